The van der Waals surface area contributed by atoms with Gasteiger partial charge in [-0.05, 0) is 28.7 Å². The zero-order valence-corrected chi connectivity index (χ0v) is 16.1. The highest BCUT2D eigenvalue weighted by atomic mass is 31.2. The Morgan fingerprint density at radius 1 is 0.815 bits per heavy atom. The molecule has 0 saturated carbocycles. The molecule has 0 radical (unpaired) electrons. The minimum Gasteiger partial charge on any atom is -0.329 e. The molecule has 2 atom stereocenters. The van der Waals surface area contributed by atoms with E-state index in [1.54, 1.807) is 0 Å². The summed E-state index contributed by atoms with van der Waals surface area (Å²) in [6.45, 7) is 1.49. The van der Waals surface area contributed by atoms with Crippen molar-refractivity contribution in [3.63, 3.8) is 0 Å². The van der Waals surface area contributed by atoms with E-state index in [9.17, 15) is 0 Å². The van der Waals surface area contributed by atoms with Crippen LogP contribution in [0.15, 0.2) is 84.9 Å². The van der Waals surface area contributed by atoms with Crippen LogP contribution in [0.2, 0.25) is 0 Å². The summed E-state index contributed by atoms with van der Waals surface area (Å²) in [6.07, 6.45) is 1.71. The van der Waals surface area contributed by atoms with Crippen LogP contribution in [-0.2, 0) is 28.2 Å². The van der Waals surface area contributed by atoms with Gasteiger partial charge >= 0.3 is 0 Å². The quantitative estimate of drug-likeness (QED) is 0.546. The smallest absolute Gasteiger partial charge is 0.177 e. The maximum absolute atomic E-state index is 6.48. The van der Waals surface area contributed by atoms with Crippen LogP contribution in [0.1, 0.15) is 28.5 Å². The number of nitrogens with one attached hydrogen (secondary N) is 1. The Bertz CT molecular complexity index is 841. The zero-order chi connectivity index (χ0) is 18.3. The van der Waals surface area contributed by atoms with Crippen molar-refractivity contribution in [2.45, 2.75) is 25.4 Å². The maximum atomic E-state index is 6.48. The van der Waals surface area contributed by atoms with Gasteiger partial charge in [0.05, 0.1) is 6.61 Å². The fourth-order valence-electron chi connectivity index (χ4n) is 3.24. The van der Waals surface area contributed by atoms with Gasteiger partial charge in [-0.25, -0.2) is 0 Å². The molecule has 27 heavy (non-hydrogen) atoms. The van der Waals surface area contributed by atoms with Crippen molar-refractivity contribution in [1.82, 2.24) is 5.32 Å². The summed E-state index contributed by atoms with van der Waals surface area (Å²) in [7, 11) is -1.07. The molecule has 3 aromatic carbocycles. The van der Waals surface area contributed by atoms with Crippen LogP contribution in [-0.4, -0.2) is 6.54 Å². The monoisotopic (exact) mass is 377 g/mol. The van der Waals surface area contributed by atoms with E-state index in [2.05, 4.69) is 66.0 Å². The van der Waals surface area contributed by atoms with Gasteiger partial charge in [0.2, 0.25) is 0 Å². The van der Waals surface area contributed by atoms with Crippen LogP contribution in [0, 0.1) is 0 Å². The fraction of sp³-hybridized carbons (Fsp3) is 0.217. The van der Waals surface area contributed by atoms with E-state index in [1.165, 1.54) is 22.3 Å². The second kappa shape index (κ2) is 9.25. The third-order valence-corrected chi connectivity index (χ3v) is 6.14. The Hall–Kier alpha value is -2.03. The molecule has 1 N–H and O–H groups in total. The second-order valence-corrected chi connectivity index (χ2v) is 8.07. The van der Waals surface area contributed by atoms with Crippen molar-refractivity contribution in [3.8, 4) is 0 Å². The Labute approximate surface area is 162 Å². The molecule has 1 heterocycles. The second-order valence-electron chi connectivity index (χ2n) is 6.62. The lowest BCUT2D eigenvalue weighted by Gasteiger charge is -2.30. The zero-order valence-electron chi connectivity index (χ0n) is 15.3. The largest absolute Gasteiger partial charge is 0.329 e. The van der Waals surface area contributed by atoms with E-state index in [4.69, 9.17) is 9.05 Å². The van der Waals surface area contributed by atoms with Crippen molar-refractivity contribution >= 4 is 8.38 Å². The fourth-order valence-corrected chi connectivity index (χ4v) is 4.70. The van der Waals surface area contributed by atoms with Crippen LogP contribution in [0.4, 0.5) is 0 Å². The van der Waals surface area contributed by atoms with Gasteiger partial charge in [-0.1, -0.05) is 84.9 Å². The summed E-state index contributed by atoms with van der Waals surface area (Å²) in [5.74, 6) is 0. The molecular formula is C23H24NO2P. The van der Waals surface area contributed by atoms with Crippen LogP contribution in [0.25, 0.3) is 0 Å². The molecule has 4 heteroatoms. The predicted molar refractivity (Wildman–Crippen MR) is 110 cm³/mol. The number of hydrogen-bond acceptors (Lipinski definition) is 3. The topological polar surface area (TPSA) is 30.5 Å². The minimum absolute atomic E-state index is 0.111. The normalized spacial score (nSPS) is 17.3. The van der Waals surface area contributed by atoms with Crippen LogP contribution in [0.3, 0.4) is 0 Å². The first-order valence-corrected chi connectivity index (χ1v) is 10.7. The van der Waals surface area contributed by atoms with Crippen molar-refractivity contribution < 1.29 is 9.05 Å². The van der Waals surface area contributed by atoms with E-state index in [1.807, 2.05) is 24.3 Å². The van der Waals surface area contributed by atoms with Gasteiger partial charge in [-0.2, -0.15) is 0 Å². The molecule has 138 valence electrons. The van der Waals surface area contributed by atoms with E-state index in [0.717, 1.165) is 19.1 Å². The molecule has 2 unspecified atom stereocenters. The van der Waals surface area contributed by atoms with Gasteiger partial charge in [0, 0.05) is 12.7 Å². The predicted octanol–water partition coefficient (Wildman–Crippen LogP) is 5.58. The summed E-state index contributed by atoms with van der Waals surface area (Å²) in [4.78, 5) is 0. The van der Waals surface area contributed by atoms with Gasteiger partial charge in [0.25, 0.3) is 0 Å². The first-order chi connectivity index (χ1) is 13.4. The number of benzene rings is 3. The Kier molecular flexibility index (Phi) is 6.28. The highest BCUT2D eigenvalue weighted by Crippen LogP contribution is 2.47. The van der Waals surface area contributed by atoms with E-state index in [0.29, 0.717) is 6.61 Å². The lowest BCUT2D eigenvalue weighted by Crippen LogP contribution is -2.30. The number of fused-ring (bicyclic) bond motifs is 1. The Morgan fingerprint density at radius 2 is 1.48 bits per heavy atom. The maximum Gasteiger partial charge on any atom is 0.177 e. The van der Waals surface area contributed by atoms with Gasteiger partial charge in [-0.3, -0.25) is 5.32 Å². The van der Waals surface area contributed by atoms with E-state index < -0.39 is 8.38 Å². The average Bonchev–Trinajstić information content (AvgIpc) is 2.74. The van der Waals surface area contributed by atoms with Gasteiger partial charge in [0.1, 0.15) is 6.23 Å². The van der Waals surface area contributed by atoms with Crippen molar-refractivity contribution in [2.24, 2.45) is 0 Å². The summed E-state index contributed by atoms with van der Waals surface area (Å²) >= 11 is 0. The van der Waals surface area contributed by atoms with E-state index >= 15 is 0 Å². The lowest BCUT2D eigenvalue weighted by atomic mass is 10.0. The summed E-state index contributed by atoms with van der Waals surface area (Å²) in [6, 6.07) is 29.2. The van der Waals surface area contributed by atoms with Gasteiger partial charge in [0.15, 0.2) is 8.38 Å². The molecule has 3 aromatic rings. The first-order valence-electron chi connectivity index (χ1n) is 9.35. The van der Waals surface area contributed by atoms with Crippen LogP contribution < -0.4 is 5.32 Å². The molecule has 1 aliphatic heterocycles. The first kappa shape index (κ1) is 18.3. The highest BCUT2D eigenvalue weighted by molar-refractivity contribution is 7.46. The van der Waals surface area contributed by atoms with Crippen molar-refractivity contribution in [1.29, 1.82) is 0 Å². The average molecular weight is 377 g/mol. The van der Waals surface area contributed by atoms with Crippen molar-refractivity contribution in [3.05, 3.63) is 107 Å². The van der Waals surface area contributed by atoms with Crippen LogP contribution >= 0.6 is 8.38 Å². The molecule has 0 aliphatic carbocycles. The minimum atomic E-state index is -1.07. The molecular weight excluding hydrogens is 353 g/mol. The van der Waals surface area contributed by atoms with Crippen molar-refractivity contribution in [2.75, 3.05) is 6.54 Å². The molecule has 0 aromatic heterocycles. The molecule has 0 fully saturated rings. The molecule has 0 spiro atoms. The lowest BCUT2D eigenvalue weighted by molar-refractivity contribution is 0.140. The van der Waals surface area contributed by atoms with Gasteiger partial charge in [-0.15, -0.1) is 0 Å². The molecule has 4 rings (SSSR count). The standard InChI is InChI=1S/C23H24NO2P/c1-3-9-19(10-4-1)17-25-27(18-20-11-5-2-6-12-20)26-23-22-14-8-7-13-21(22)15-16-24-23/h1-14,23-24H,15-18H2. The third-order valence-electron chi connectivity index (χ3n) is 4.66. The molecule has 0 bridgehead atoms. The number of rotatable bonds is 7. The molecule has 3 nitrogen and oxygen atoms in total. The Balaban J connectivity index is 1.49. The highest BCUT2D eigenvalue weighted by Gasteiger charge is 2.24. The summed E-state index contributed by atoms with van der Waals surface area (Å²) in [5, 5.41) is 3.50. The SMILES string of the molecule is c1ccc(COP(Cc2ccccc2)OC2NCCc3ccccc32)cc1. The summed E-state index contributed by atoms with van der Waals surface area (Å²) < 4.78 is 12.7. The van der Waals surface area contributed by atoms with E-state index in [-0.39, 0.29) is 6.23 Å². The van der Waals surface area contributed by atoms with Crippen LogP contribution in [0.5, 0.6) is 0 Å². The third kappa shape index (κ3) is 5.03. The molecule has 1 aliphatic rings. The summed E-state index contributed by atoms with van der Waals surface area (Å²) in [5.41, 5.74) is 4.99. The molecule has 0 amide bonds. The number of hydrogen-bond donors (Lipinski definition) is 1. The Morgan fingerprint density at radius 3 is 2.26 bits per heavy atom. The molecule has 0 saturated heterocycles. The van der Waals surface area contributed by atoms with Gasteiger partial charge < -0.3 is 9.05 Å².